The number of carbonyl (C=O) groups excluding carboxylic acids is 1. The van der Waals surface area contributed by atoms with Crippen LogP contribution in [0.25, 0.3) is 0 Å². The first-order valence-corrected chi connectivity index (χ1v) is 9.49. The second-order valence-corrected chi connectivity index (χ2v) is 6.96. The molecule has 0 aliphatic carbocycles. The molecule has 1 saturated heterocycles. The van der Waals surface area contributed by atoms with Gasteiger partial charge in [0, 0.05) is 23.7 Å². The number of amidine groups is 1. The number of aliphatic imine (C=N–C) groups is 1. The van der Waals surface area contributed by atoms with Crippen molar-refractivity contribution >= 4 is 34.4 Å². The van der Waals surface area contributed by atoms with Crippen molar-refractivity contribution in [3.63, 3.8) is 0 Å². The first-order valence-electron chi connectivity index (χ1n) is 7.97. The molecule has 1 aliphatic heterocycles. The van der Waals surface area contributed by atoms with E-state index < -0.39 is 0 Å². The SMILES string of the molecule is COc1ccc(CN2C(=NC(=O)c3ccccc3)SCC2CCl)cc1. The molecule has 1 heterocycles. The van der Waals surface area contributed by atoms with Gasteiger partial charge >= 0.3 is 0 Å². The van der Waals surface area contributed by atoms with Crippen LogP contribution in [0.1, 0.15) is 15.9 Å². The van der Waals surface area contributed by atoms with Gasteiger partial charge in [-0.15, -0.1) is 11.6 Å². The summed E-state index contributed by atoms with van der Waals surface area (Å²) in [6, 6.07) is 17.2. The average Bonchev–Trinajstić information content (AvgIpc) is 3.04. The molecular formula is C19H19ClN2O2S. The maximum absolute atomic E-state index is 12.4. The van der Waals surface area contributed by atoms with Gasteiger partial charge < -0.3 is 9.64 Å². The van der Waals surface area contributed by atoms with Crippen molar-refractivity contribution in [1.82, 2.24) is 4.90 Å². The Balaban J connectivity index is 1.80. The maximum Gasteiger partial charge on any atom is 0.279 e. The van der Waals surface area contributed by atoms with Gasteiger partial charge in [0.25, 0.3) is 5.91 Å². The van der Waals surface area contributed by atoms with Crippen molar-refractivity contribution in [3.05, 3.63) is 65.7 Å². The summed E-state index contributed by atoms with van der Waals surface area (Å²) in [5.41, 5.74) is 1.72. The van der Waals surface area contributed by atoms with Gasteiger partial charge in [-0.25, -0.2) is 0 Å². The van der Waals surface area contributed by atoms with Crippen LogP contribution >= 0.6 is 23.4 Å². The first-order chi connectivity index (χ1) is 12.2. The van der Waals surface area contributed by atoms with E-state index in [1.807, 2.05) is 42.5 Å². The van der Waals surface area contributed by atoms with Crippen LogP contribution in [0.5, 0.6) is 5.75 Å². The van der Waals surface area contributed by atoms with Crippen LogP contribution in [0, 0.1) is 0 Å². The second kappa shape index (κ2) is 8.41. The predicted molar refractivity (Wildman–Crippen MR) is 104 cm³/mol. The molecule has 25 heavy (non-hydrogen) atoms. The van der Waals surface area contributed by atoms with Gasteiger partial charge in [0.05, 0.1) is 13.2 Å². The van der Waals surface area contributed by atoms with Crippen molar-refractivity contribution in [2.45, 2.75) is 12.6 Å². The summed E-state index contributed by atoms with van der Waals surface area (Å²) < 4.78 is 5.20. The number of amides is 1. The zero-order valence-corrected chi connectivity index (χ0v) is 15.5. The summed E-state index contributed by atoms with van der Waals surface area (Å²) in [7, 11) is 1.65. The third kappa shape index (κ3) is 4.35. The number of carbonyl (C=O) groups is 1. The topological polar surface area (TPSA) is 41.9 Å². The summed E-state index contributed by atoms with van der Waals surface area (Å²) in [5, 5.41) is 0.732. The summed E-state index contributed by atoms with van der Waals surface area (Å²) in [4.78, 5) is 18.9. The molecule has 0 radical (unpaired) electrons. The van der Waals surface area contributed by atoms with Crippen molar-refractivity contribution in [2.75, 3.05) is 18.7 Å². The summed E-state index contributed by atoms with van der Waals surface area (Å²) in [6.07, 6.45) is 0. The van der Waals surface area contributed by atoms with Crippen LogP contribution in [0.3, 0.4) is 0 Å². The number of methoxy groups -OCH3 is 1. The fourth-order valence-electron chi connectivity index (χ4n) is 2.58. The van der Waals surface area contributed by atoms with E-state index in [1.165, 1.54) is 0 Å². The van der Waals surface area contributed by atoms with E-state index in [4.69, 9.17) is 16.3 Å². The van der Waals surface area contributed by atoms with Crippen molar-refractivity contribution < 1.29 is 9.53 Å². The smallest absolute Gasteiger partial charge is 0.279 e. The van der Waals surface area contributed by atoms with E-state index in [-0.39, 0.29) is 11.9 Å². The van der Waals surface area contributed by atoms with E-state index in [0.29, 0.717) is 18.0 Å². The highest BCUT2D eigenvalue weighted by Crippen LogP contribution is 2.28. The van der Waals surface area contributed by atoms with Crippen molar-refractivity contribution in [3.8, 4) is 5.75 Å². The molecule has 130 valence electrons. The number of halogens is 1. The van der Waals surface area contributed by atoms with Gasteiger partial charge in [0.15, 0.2) is 5.17 Å². The van der Waals surface area contributed by atoms with Crippen LogP contribution in [0.4, 0.5) is 0 Å². The zero-order chi connectivity index (χ0) is 17.6. The van der Waals surface area contributed by atoms with Crippen molar-refractivity contribution in [2.24, 2.45) is 4.99 Å². The highest BCUT2D eigenvalue weighted by molar-refractivity contribution is 8.14. The number of alkyl halides is 1. The Bertz CT molecular complexity index is 750. The number of rotatable bonds is 5. The fraction of sp³-hybridized carbons (Fsp3) is 0.263. The Labute approximate surface area is 156 Å². The Hall–Kier alpha value is -1.98. The molecule has 2 aromatic rings. The van der Waals surface area contributed by atoms with Crippen LogP contribution in [0.2, 0.25) is 0 Å². The predicted octanol–water partition coefficient (Wildman–Crippen LogP) is 4.05. The number of ether oxygens (including phenoxy) is 1. The third-order valence-electron chi connectivity index (χ3n) is 4.00. The molecule has 0 N–H and O–H groups in total. The first kappa shape index (κ1) is 17.8. The summed E-state index contributed by atoms with van der Waals surface area (Å²) in [6.45, 7) is 0.662. The lowest BCUT2D eigenvalue weighted by molar-refractivity contribution is 0.100. The molecule has 0 spiro atoms. The van der Waals surface area contributed by atoms with Crippen molar-refractivity contribution in [1.29, 1.82) is 0 Å². The van der Waals surface area contributed by atoms with E-state index in [2.05, 4.69) is 9.89 Å². The highest BCUT2D eigenvalue weighted by atomic mass is 35.5. The minimum atomic E-state index is -0.224. The molecule has 1 aliphatic rings. The van der Waals surface area contributed by atoms with Gasteiger partial charge in [-0.3, -0.25) is 4.79 Å². The Kier molecular flexibility index (Phi) is 6.00. The molecule has 0 aromatic heterocycles. The average molecular weight is 375 g/mol. The molecule has 1 amide bonds. The molecule has 0 saturated carbocycles. The van der Waals surface area contributed by atoms with Gasteiger partial charge in [0.2, 0.25) is 0 Å². The largest absolute Gasteiger partial charge is 0.497 e. The minimum absolute atomic E-state index is 0.163. The third-order valence-corrected chi connectivity index (χ3v) is 5.49. The van der Waals surface area contributed by atoms with Crippen LogP contribution in [-0.4, -0.2) is 40.8 Å². The summed E-state index contributed by atoms with van der Waals surface area (Å²) >= 11 is 7.70. The van der Waals surface area contributed by atoms with E-state index >= 15 is 0 Å². The lowest BCUT2D eigenvalue weighted by atomic mass is 10.2. The molecule has 1 unspecified atom stereocenters. The van der Waals surface area contributed by atoms with Gasteiger partial charge in [-0.1, -0.05) is 42.1 Å². The van der Waals surface area contributed by atoms with Gasteiger partial charge in [0.1, 0.15) is 5.75 Å². The quantitative estimate of drug-likeness (QED) is 0.740. The summed E-state index contributed by atoms with van der Waals surface area (Å²) in [5.74, 6) is 1.93. The highest BCUT2D eigenvalue weighted by Gasteiger charge is 2.30. The Morgan fingerprint density at radius 1 is 1.24 bits per heavy atom. The molecule has 2 aromatic carbocycles. The second-order valence-electron chi connectivity index (χ2n) is 5.66. The number of hydrogen-bond acceptors (Lipinski definition) is 3. The lowest BCUT2D eigenvalue weighted by Crippen LogP contribution is -2.35. The van der Waals surface area contributed by atoms with Crippen LogP contribution in [0.15, 0.2) is 59.6 Å². The molecule has 3 rings (SSSR count). The molecule has 4 nitrogen and oxygen atoms in total. The van der Waals surface area contributed by atoms with E-state index in [0.717, 1.165) is 22.2 Å². The minimum Gasteiger partial charge on any atom is -0.497 e. The maximum atomic E-state index is 12.4. The van der Waals surface area contributed by atoms with Crippen LogP contribution in [-0.2, 0) is 6.54 Å². The number of thioether (sulfide) groups is 1. The zero-order valence-electron chi connectivity index (χ0n) is 13.9. The van der Waals surface area contributed by atoms with E-state index in [1.54, 1.807) is 31.0 Å². The number of benzene rings is 2. The Morgan fingerprint density at radius 3 is 2.60 bits per heavy atom. The molecule has 6 heteroatoms. The number of hydrogen-bond donors (Lipinski definition) is 0. The normalized spacial score (nSPS) is 18.6. The van der Waals surface area contributed by atoms with Crippen LogP contribution < -0.4 is 4.74 Å². The molecule has 1 atom stereocenters. The fourth-order valence-corrected chi connectivity index (χ4v) is 4.15. The molecular weight excluding hydrogens is 356 g/mol. The van der Waals surface area contributed by atoms with E-state index in [9.17, 15) is 4.79 Å². The molecule has 0 bridgehead atoms. The monoisotopic (exact) mass is 374 g/mol. The number of nitrogens with zero attached hydrogens (tertiary/aromatic N) is 2. The van der Waals surface area contributed by atoms with Gasteiger partial charge in [-0.05, 0) is 29.8 Å². The Morgan fingerprint density at radius 2 is 1.96 bits per heavy atom. The molecule has 1 fully saturated rings. The van der Waals surface area contributed by atoms with Gasteiger partial charge in [-0.2, -0.15) is 4.99 Å². The lowest BCUT2D eigenvalue weighted by Gasteiger charge is -2.24. The standard InChI is InChI=1S/C19H19ClN2O2S/c1-24-17-9-7-14(8-10-17)12-22-16(11-20)13-25-19(22)21-18(23)15-5-3-2-4-6-15/h2-10,16H,11-13H2,1H3.